The van der Waals surface area contributed by atoms with Gasteiger partial charge in [-0.1, -0.05) is 62.4 Å². The molecule has 2 rings (SSSR count). The number of hydrogen-bond donors (Lipinski definition) is 1. The molecular formula is C22H28N2O3. The van der Waals surface area contributed by atoms with Gasteiger partial charge in [0.25, 0.3) is 5.91 Å². The molecule has 2 aromatic carbocycles. The van der Waals surface area contributed by atoms with Crippen LogP contribution in [-0.4, -0.2) is 36.4 Å². The molecule has 0 bridgehead atoms. The highest BCUT2D eigenvalue weighted by molar-refractivity contribution is 5.87. The van der Waals surface area contributed by atoms with Crippen molar-refractivity contribution >= 4 is 11.8 Å². The minimum absolute atomic E-state index is 0.113. The summed E-state index contributed by atoms with van der Waals surface area (Å²) in [5.74, 6) is 0.560. The predicted molar refractivity (Wildman–Crippen MR) is 107 cm³/mol. The van der Waals surface area contributed by atoms with Gasteiger partial charge in [-0.3, -0.25) is 9.59 Å². The molecule has 0 heterocycles. The summed E-state index contributed by atoms with van der Waals surface area (Å²) in [7, 11) is 1.57. The Morgan fingerprint density at radius 2 is 1.63 bits per heavy atom. The third-order valence-corrected chi connectivity index (χ3v) is 4.50. The van der Waals surface area contributed by atoms with Crippen LogP contribution < -0.4 is 10.1 Å². The van der Waals surface area contributed by atoms with E-state index in [4.69, 9.17) is 4.74 Å². The molecule has 0 saturated heterocycles. The van der Waals surface area contributed by atoms with Gasteiger partial charge in [-0.25, -0.2) is 0 Å². The van der Waals surface area contributed by atoms with Gasteiger partial charge in [0.15, 0.2) is 6.61 Å². The second kappa shape index (κ2) is 9.76. The molecule has 0 unspecified atom stereocenters. The molecule has 0 spiro atoms. The van der Waals surface area contributed by atoms with Crippen molar-refractivity contribution in [3.63, 3.8) is 0 Å². The van der Waals surface area contributed by atoms with E-state index in [0.717, 1.165) is 11.1 Å². The quantitative estimate of drug-likeness (QED) is 0.777. The van der Waals surface area contributed by atoms with E-state index < -0.39 is 6.04 Å². The molecule has 0 aliphatic rings. The summed E-state index contributed by atoms with van der Waals surface area (Å²) in [6.07, 6.45) is 0. The molecule has 0 fully saturated rings. The fourth-order valence-corrected chi connectivity index (χ4v) is 2.88. The summed E-state index contributed by atoms with van der Waals surface area (Å²) in [4.78, 5) is 26.6. The lowest BCUT2D eigenvalue weighted by Crippen LogP contribution is -2.48. The van der Waals surface area contributed by atoms with Gasteiger partial charge in [0, 0.05) is 13.6 Å². The van der Waals surface area contributed by atoms with Gasteiger partial charge in [-0.15, -0.1) is 0 Å². The van der Waals surface area contributed by atoms with Crippen LogP contribution in [0.2, 0.25) is 0 Å². The Balaban J connectivity index is 2.15. The summed E-state index contributed by atoms with van der Waals surface area (Å²) in [5.41, 5.74) is 2.02. The Morgan fingerprint density at radius 1 is 1.00 bits per heavy atom. The smallest absolute Gasteiger partial charge is 0.261 e. The number of hydrogen-bond acceptors (Lipinski definition) is 3. The van der Waals surface area contributed by atoms with E-state index in [2.05, 4.69) is 19.2 Å². The highest BCUT2D eigenvalue weighted by Crippen LogP contribution is 2.26. The molecule has 1 N–H and O–H groups in total. The maximum Gasteiger partial charge on any atom is 0.261 e. The monoisotopic (exact) mass is 368 g/mol. The average molecular weight is 368 g/mol. The first-order valence-electron chi connectivity index (χ1n) is 9.20. The van der Waals surface area contributed by atoms with Crippen molar-refractivity contribution in [3.05, 3.63) is 65.7 Å². The van der Waals surface area contributed by atoms with Crippen molar-refractivity contribution in [2.24, 2.45) is 0 Å². The zero-order chi connectivity index (χ0) is 19.8. The van der Waals surface area contributed by atoms with E-state index in [1.165, 1.54) is 0 Å². The predicted octanol–water partition coefficient (Wildman–Crippen LogP) is 3.35. The van der Waals surface area contributed by atoms with Gasteiger partial charge in [-0.2, -0.15) is 0 Å². The molecule has 0 saturated carbocycles. The summed E-state index contributed by atoms with van der Waals surface area (Å²) in [5, 5.41) is 2.61. The minimum Gasteiger partial charge on any atom is -0.483 e. The molecule has 27 heavy (non-hydrogen) atoms. The fourth-order valence-electron chi connectivity index (χ4n) is 2.88. The van der Waals surface area contributed by atoms with Crippen molar-refractivity contribution in [1.82, 2.24) is 10.2 Å². The normalized spacial score (nSPS) is 11.7. The number of nitrogens with one attached hydrogen (secondary N) is 1. The van der Waals surface area contributed by atoms with E-state index in [1.807, 2.05) is 54.6 Å². The second-order valence-corrected chi connectivity index (χ2v) is 6.78. The van der Waals surface area contributed by atoms with Crippen LogP contribution in [0.5, 0.6) is 5.75 Å². The van der Waals surface area contributed by atoms with Gasteiger partial charge in [0.05, 0.1) is 0 Å². The number of nitrogens with zero attached hydrogens (tertiary/aromatic N) is 1. The van der Waals surface area contributed by atoms with Crippen LogP contribution in [0, 0.1) is 0 Å². The van der Waals surface area contributed by atoms with Gasteiger partial charge in [-0.05, 0) is 30.0 Å². The number of carbonyl (C=O) groups is 2. The SMILES string of the molecule is CNC(=O)[C@H](C)N(Cc1ccccc1)C(=O)COc1ccccc1C(C)C. The zero-order valence-electron chi connectivity index (χ0n) is 16.4. The van der Waals surface area contributed by atoms with Crippen LogP contribution in [0.3, 0.4) is 0 Å². The highest BCUT2D eigenvalue weighted by Gasteiger charge is 2.26. The second-order valence-electron chi connectivity index (χ2n) is 6.78. The molecular weight excluding hydrogens is 340 g/mol. The Kier molecular flexibility index (Phi) is 7.41. The average Bonchev–Trinajstić information content (AvgIpc) is 2.70. The van der Waals surface area contributed by atoms with E-state index in [1.54, 1.807) is 18.9 Å². The summed E-state index contributed by atoms with van der Waals surface area (Å²) >= 11 is 0. The van der Waals surface area contributed by atoms with Crippen LogP contribution in [-0.2, 0) is 16.1 Å². The molecule has 2 amide bonds. The Morgan fingerprint density at radius 3 is 2.26 bits per heavy atom. The molecule has 0 aliphatic heterocycles. The van der Waals surface area contributed by atoms with Crippen molar-refractivity contribution in [2.45, 2.75) is 39.3 Å². The third-order valence-electron chi connectivity index (χ3n) is 4.50. The topological polar surface area (TPSA) is 58.6 Å². The molecule has 1 atom stereocenters. The lowest BCUT2D eigenvalue weighted by molar-refractivity contribution is -0.142. The Bertz CT molecular complexity index is 759. The fraction of sp³-hybridized carbons (Fsp3) is 0.364. The van der Waals surface area contributed by atoms with Crippen LogP contribution in [0.4, 0.5) is 0 Å². The molecule has 5 heteroatoms. The summed E-state index contributed by atoms with van der Waals surface area (Å²) in [6, 6.07) is 16.7. The highest BCUT2D eigenvalue weighted by atomic mass is 16.5. The third kappa shape index (κ3) is 5.58. The molecule has 144 valence electrons. The Labute approximate surface area is 161 Å². The number of likely N-dealkylation sites (N-methyl/N-ethyl adjacent to an activating group) is 1. The van der Waals surface area contributed by atoms with Gasteiger partial charge in [0.1, 0.15) is 11.8 Å². The van der Waals surface area contributed by atoms with Crippen molar-refractivity contribution in [2.75, 3.05) is 13.7 Å². The van der Waals surface area contributed by atoms with Crippen LogP contribution in [0.15, 0.2) is 54.6 Å². The van der Waals surface area contributed by atoms with Crippen LogP contribution >= 0.6 is 0 Å². The first kappa shape index (κ1) is 20.5. The zero-order valence-corrected chi connectivity index (χ0v) is 16.4. The van der Waals surface area contributed by atoms with E-state index >= 15 is 0 Å². The molecule has 0 radical (unpaired) electrons. The number of benzene rings is 2. The lowest BCUT2D eigenvalue weighted by Gasteiger charge is -2.28. The number of para-hydroxylation sites is 1. The maximum absolute atomic E-state index is 12.9. The van der Waals surface area contributed by atoms with Gasteiger partial charge >= 0.3 is 0 Å². The lowest BCUT2D eigenvalue weighted by atomic mass is 10.0. The summed E-state index contributed by atoms with van der Waals surface area (Å²) in [6.45, 7) is 6.13. The van der Waals surface area contributed by atoms with E-state index in [0.29, 0.717) is 18.2 Å². The molecule has 2 aromatic rings. The first-order chi connectivity index (χ1) is 12.9. The van der Waals surface area contributed by atoms with Crippen molar-refractivity contribution in [3.8, 4) is 5.75 Å². The maximum atomic E-state index is 12.9. The molecule has 0 aliphatic carbocycles. The van der Waals surface area contributed by atoms with Crippen molar-refractivity contribution < 1.29 is 14.3 Å². The number of carbonyl (C=O) groups excluding carboxylic acids is 2. The summed E-state index contributed by atoms with van der Waals surface area (Å²) < 4.78 is 5.82. The van der Waals surface area contributed by atoms with Gasteiger partial charge in [0.2, 0.25) is 5.91 Å². The number of ether oxygens (including phenoxy) is 1. The molecule has 5 nitrogen and oxygen atoms in total. The van der Waals surface area contributed by atoms with Crippen LogP contribution in [0.25, 0.3) is 0 Å². The van der Waals surface area contributed by atoms with Gasteiger partial charge < -0.3 is 15.0 Å². The number of rotatable bonds is 8. The van der Waals surface area contributed by atoms with Crippen molar-refractivity contribution in [1.29, 1.82) is 0 Å². The minimum atomic E-state index is -0.591. The van der Waals surface area contributed by atoms with Crippen LogP contribution in [0.1, 0.15) is 37.8 Å². The number of amides is 2. The standard InChI is InChI=1S/C22H28N2O3/c1-16(2)19-12-8-9-13-20(19)27-15-21(25)24(17(3)22(26)23-4)14-18-10-6-5-7-11-18/h5-13,16-17H,14-15H2,1-4H3,(H,23,26)/t17-/m0/s1. The van der Waals surface area contributed by atoms with E-state index in [-0.39, 0.29) is 18.4 Å². The first-order valence-corrected chi connectivity index (χ1v) is 9.20. The van der Waals surface area contributed by atoms with E-state index in [9.17, 15) is 9.59 Å². The largest absolute Gasteiger partial charge is 0.483 e. The Hall–Kier alpha value is -2.82. The molecule has 0 aromatic heterocycles.